The molecule has 0 aliphatic heterocycles. The van der Waals surface area contributed by atoms with Crippen molar-refractivity contribution in [2.45, 2.75) is 11.4 Å². The number of halogens is 3. The number of nitrogens with one attached hydrogen (secondary N) is 1. The van der Waals surface area contributed by atoms with Gasteiger partial charge < -0.3 is 5.73 Å². The van der Waals surface area contributed by atoms with Crippen molar-refractivity contribution in [1.29, 1.82) is 0 Å². The van der Waals surface area contributed by atoms with Crippen molar-refractivity contribution in [1.82, 2.24) is 4.72 Å². The Morgan fingerprint density at radius 3 is 2.31 bits per heavy atom. The van der Waals surface area contributed by atoms with Crippen molar-refractivity contribution in [2.24, 2.45) is 5.73 Å². The van der Waals surface area contributed by atoms with E-state index in [1.165, 1.54) is 24.3 Å². The lowest BCUT2D eigenvalue weighted by molar-refractivity contribution is -0.129. The predicted molar refractivity (Wildman–Crippen MR) is 55.5 cm³/mol. The quantitative estimate of drug-likeness (QED) is 0.810. The molecule has 0 bridgehead atoms. The summed E-state index contributed by atoms with van der Waals surface area (Å²) in [6.45, 7) is 0. The van der Waals surface area contributed by atoms with Crippen LogP contribution in [0.5, 0.6) is 0 Å². The summed E-state index contributed by atoms with van der Waals surface area (Å²) in [6, 6.07) is 6.29. The van der Waals surface area contributed by atoms with E-state index in [-0.39, 0.29) is 17.5 Å². The highest BCUT2D eigenvalue weighted by Gasteiger charge is 2.41. The number of alkyl halides is 3. The van der Waals surface area contributed by atoms with Crippen LogP contribution in [0.2, 0.25) is 0 Å². The van der Waals surface area contributed by atoms with Gasteiger partial charge in [-0.2, -0.15) is 13.2 Å². The largest absolute Gasteiger partial charge is 0.406 e. The summed E-state index contributed by atoms with van der Waals surface area (Å²) in [5.41, 5.74) is 4.79. The molecule has 3 nitrogen and oxygen atoms in total. The summed E-state index contributed by atoms with van der Waals surface area (Å²) in [5.74, 6) is 0. The first-order chi connectivity index (χ1) is 7.41. The highest BCUT2D eigenvalue weighted by Crippen LogP contribution is 2.41. The summed E-state index contributed by atoms with van der Waals surface area (Å²) in [6.07, 6.45) is -4.45. The van der Waals surface area contributed by atoms with Crippen LogP contribution in [0.1, 0.15) is 10.8 Å². The predicted octanol–water partition coefficient (Wildman–Crippen LogP) is 2.61. The zero-order chi connectivity index (χ0) is 12.2. The van der Waals surface area contributed by atoms with Gasteiger partial charge in [0.15, 0.2) is 0 Å². The first kappa shape index (κ1) is 12.7. The Bertz CT molecular complexity index is 356. The molecule has 0 saturated carbocycles. The lowest BCUT2D eigenvalue weighted by atomic mass is 10.1. The second-order valence-electron chi connectivity index (χ2n) is 2.92. The molecule has 1 aromatic rings. The van der Waals surface area contributed by atoms with E-state index in [1.807, 2.05) is 4.72 Å². The van der Waals surface area contributed by atoms with E-state index in [2.05, 4.69) is 0 Å². The minimum Gasteiger partial charge on any atom is -0.351 e. The number of hydrogen-bond donors (Lipinski definition) is 2. The Kier molecular flexibility index (Phi) is 4.05. The van der Waals surface area contributed by atoms with E-state index < -0.39 is 17.5 Å². The fourth-order valence-corrected chi connectivity index (χ4v) is 1.73. The zero-order valence-electron chi connectivity index (χ0n) is 7.99. The number of benzene rings is 1. The first-order valence-electron chi connectivity index (χ1n) is 4.24. The minimum atomic E-state index is -4.45. The number of amides is 2. The molecule has 0 spiro atoms. The molecule has 16 heavy (non-hydrogen) atoms. The highest BCUT2D eigenvalue weighted by molar-refractivity contribution is 7.98. The average molecular weight is 250 g/mol. The molecule has 1 rings (SSSR count). The summed E-state index contributed by atoms with van der Waals surface area (Å²) in [4.78, 5) is 10.4. The van der Waals surface area contributed by atoms with Gasteiger partial charge in [0, 0.05) is 0 Å². The maximum Gasteiger partial charge on any atom is 0.406 e. The van der Waals surface area contributed by atoms with Gasteiger partial charge in [-0.25, -0.2) is 4.79 Å². The van der Waals surface area contributed by atoms with Gasteiger partial charge in [-0.1, -0.05) is 30.3 Å². The Balaban J connectivity index is 2.84. The van der Waals surface area contributed by atoms with E-state index in [0.29, 0.717) is 0 Å². The molecule has 0 fully saturated rings. The van der Waals surface area contributed by atoms with Crippen LogP contribution in [-0.4, -0.2) is 12.2 Å². The number of hydrogen-bond acceptors (Lipinski definition) is 2. The lowest BCUT2D eigenvalue weighted by Gasteiger charge is -2.19. The van der Waals surface area contributed by atoms with Crippen molar-refractivity contribution >= 4 is 18.0 Å². The molecule has 88 valence electrons. The number of rotatable bonds is 3. The summed E-state index contributed by atoms with van der Waals surface area (Å²) in [5, 5.41) is -1.82. The Hall–Kier alpha value is -1.37. The van der Waals surface area contributed by atoms with Crippen molar-refractivity contribution in [2.75, 3.05) is 0 Å². The van der Waals surface area contributed by atoms with Gasteiger partial charge in [0.25, 0.3) is 0 Å². The monoisotopic (exact) mass is 250 g/mol. The molecular formula is C9H9F3N2OS. The Morgan fingerprint density at radius 1 is 1.31 bits per heavy atom. The maximum atomic E-state index is 12.6. The molecular weight excluding hydrogens is 241 g/mol. The molecule has 2 amide bonds. The molecule has 0 radical (unpaired) electrons. The van der Waals surface area contributed by atoms with E-state index in [9.17, 15) is 18.0 Å². The van der Waals surface area contributed by atoms with Crippen molar-refractivity contribution < 1.29 is 18.0 Å². The van der Waals surface area contributed by atoms with Crippen molar-refractivity contribution in [3.8, 4) is 0 Å². The molecule has 0 aliphatic carbocycles. The number of urea groups is 1. The second-order valence-corrected chi connectivity index (χ2v) is 3.83. The van der Waals surface area contributed by atoms with Gasteiger partial charge in [0.2, 0.25) is 0 Å². The van der Waals surface area contributed by atoms with E-state index in [4.69, 9.17) is 5.73 Å². The van der Waals surface area contributed by atoms with Gasteiger partial charge in [-0.05, 0) is 17.5 Å². The third-order valence-corrected chi connectivity index (χ3v) is 2.77. The van der Waals surface area contributed by atoms with E-state index in [0.717, 1.165) is 0 Å². The second kappa shape index (κ2) is 5.11. The fraction of sp³-hybridized carbons (Fsp3) is 0.222. The van der Waals surface area contributed by atoms with Crippen molar-refractivity contribution in [3.63, 3.8) is 0 Å². The molecule has 0 aliphatic rings. The van der Waals surface area contributed by atoms with Gasteiger partial charge >= 0.3 is 12.2 Å². The lowest BCUT2D eigenvalue weighted by Crippen LogP contribution is -2.28. The number of nitrogens with two attached hydrogens (primary N) is 1. The Labute approximate surface area is 94.3 Å². The number of carbonyl (C=O) groups excluding carboxylic acids is 1. The van der Waals surface area contributed by atoms with Crippen molar-refractivity contribution in [3.05, 3.63) is 35.9 Å². The minimum absolute atomic E-state index is 0.0637. The van der Waals surface area contributed by atoms with Crippen LogP contribution in [0, 0.1) is 0 Å². The number of primary amides is 1. The molecule has 3 N–H and O–H groups in total. The zero-order valence-corrected chi connectivity index (χ0v) is 8.81. The molecule has 1 unspecified atom stereocenters. The van der Waals surface area contributed by atoms with Crippen LogP contribution in [0.3, 0.4) is 0 Å². The standard InChI is InChI=1S/C9H9F3N2OS/c10-9(11,12)7(16-14-8(13)15)6-4-2-1-3-5-6/h1-5,7H,(H3,13,14,15). The van der Waals surface area contributed by atoms with E-state index >= 15 is 0 Å². The van der Waals surface area contributed by atoms with Crippen LogP contribution in [0.25, 0.3) is 0 Å². The smallest absolute Gasteiger partial charge is 0.351 e. The highest BCUT2D eigenvalue weighted by atomic mass is 32.2. The third kappa shape index (κ3) is 3.65. The van der Waals surface area contributed by atoms with Crippen LogP contribution in [0.15, 0.2) is 30.3 Å². The van der Waals surface area contributed by atoms with Gasteiger partial charge in [0.05, 0.1) is 0 Å². The maximum absolute atomic E-state index is 12.6. The van der Waals surface area contributed by atoms with Gasteiger partial charge in [-0.15, -0.1) is 0 Å². The topological polar surface area (TPSA) is 55.1 Å². The molecule has 0 aromatic heterocycles. The van der Waals surface area contributed by atoms with Crippen LogP contribution < -0.4 is 10.5 Å². The third-order valence-electron chi connectivity index (χ3n) is 1.68. The number of carbonyl (C=O) groups is 1. The molecule has 0 heterocycles. The summed E-state index contributed by atoms with van der Waals surface area (Å²) < 4.78 is 39.8. The van der Waals surface area contributed by atoms with Gasteiger partial charge in [0.1, 0.15) is 5.25 Å². The van der Waals surface area contributed by atoms with Crippen LogP contribution in [-0.2, 0) is 0 Å². The summed E-state index contributed by atoms with van der Waals surface area (Å²) >= 11 is 0.240. The molecule has 0 saturated heterocycles. The first-order valence-corrected chi connectivity index (χ1v) is 5.12. The average Bonchev–Trinajstić information content (AvgIpc) is 2.17. The fourth-order valence-electron chi connectivity index (χ4n) is 1.07. The molecule has 7 heteroatoms. The van der Waals surface area contributed by atoms with Gasteiger partial charge in [-0.3, -0.25) is 4.72 Å². The SMILES string of the molecule is NC(=O)NSC(c1ccccc1)C(F)(F)F. The van der Waals surface area contributed by atoms with E-state index in [1.54, 1.807) is 6.07 Å². The molecule has 1 atom stereocenters. The van der Waals surface area contributed by atoms with Crippen LogP contribution in [0.4, 0.5) is 18.0 Å². The summed E-state index contributed by atoms with van der Waals surface area (Å²) in [7, 11) is 0. The molecule has 1 aromatic carbocycles. The van der Waals surface area contributed by atoms with Crippen LogP contribution >= 0.6 is 11.9 Å². The Morgan fingerprint density at radius 2 is 1.88 bits per heavy atom. The normalized spacial score (nSPS) is 13.2.